The quantitative estimate of drug-likeness (QED) is 0.750. The summed E-state index contributed by atoms with van der Waals surface area (Å²) in [6.45, 7) is 11.5. The van der Waals surface area contributed by atoms with E-state index in [2.05, 4.69) is 13.5 Å². The summed E-state index contributed by atoms with van der Waals surface area (Å²) in [5, 5.41) is 10.0. The molecule has 1 unspecified atom stereocenters. The largest absolute Gasteiger partial charge is 0.366 e. The number of hydrogen-bond donors (Lipinski definition) is 1. The third-order valence-electron chi connectivity index (χ3n) is 3.84. The summed E-state index contributed by atoms with van der Waals surface area (Å²) in [4.78, 5) is 0. The molecule has 0 aromatic carbocycles. The van der Waals surface area contributed by atoms with E-state index in [4.69, 9.17) is 14.2 Å². The Labute approximate surface area is 103 Å². The van der Waals surface area contributed by atoms with Gasteiger partial charge in [0.1, 0.15) is 6.10 Å². The Kier molecular flexibility index (Phi) is 3.11. The van der Waals surface area contributed by atoms with Crippen LogP contribution in [0, 0.1) is 5.92 Å². The molecule has 98 valence electrons. The molecule has 2 rings (SSSR count). The maximum Gasteiger partial charge on any atom is 0.184 e. The average Bonchev–Trinajstić information content (AvgIpc) is 2.52. The number of ether oxygens (including phenoxy) is 3. The SMILES string of the molecule is C=CC[C@]1(C)OC(O)[C@@H]2OC(C)(C)O[C@@H]2[C@H]1C. The van der Waals surface area contributed by atoms with Crippen molar-refractivity contribution in [2.75, 3.05) is 0 Å². The second kappa shape index (κ2) is 4.05. The highest BCUT2D eigenvalue weighted by Gasteiger charge is 2.56. The van der Waals surface area contributed by atoms with Crippen molar-refractivity contribution in [3.8, 4) is 0 Å². The fourth-order valence-corrected chi connectivity index (χ4v) is 2.74. The van der Waals surface area contributed by atoms with E-state index in [0.717, 1.165) is 0 Å². The highest BCUT2D eigenvalue weighted by Crippen LogP contribution is 2.44. The zero-order chi connectivity index (χ0) is 12.8. The van der Waals surface area contributed by atoms with E-state index in [1.54, 1.807) is 0 Å². The summed E-state index contributed by atoms with van der Waals surface area (Å²) in [5.74, 6) is -0.524. The highest BCUT2D eigenvalue weighted by molar-refractivity contribution is 5.01. The van der Waals surface area contributed by atoms with Crippen molar-refractivity contribution >= 4 is 0 Å². The van der Waals surface area contributed by atoms with Gasteiger partial charge in [0.2, 0.25) is 0 Å². The first-order valence-electron chi connectivity index (χ1n) is 6.11. The van der Waals surface area contributed by atoms with Crippen LogP contribution in [0.2, 0.25) is 0 Å². The molecular formula is C13H22O4. The van der Waals surface area contributed by atoms with Gasteiger partial charge in [0.05, 0.1) is 11.7 Å². The zero-order valence-corrected chi connectivity index (χ0v) is 11.0. The van der Waals surface area contributed by atoms with E-state index < -0.39 is 23.8 Å². The topological polar surface area (TPSA) is 47.9 Å². The van der Waals surface area contributed by atoms with Crippen molar-refractivity contribution in [3.63, 3.8) is 0 Å². The minimum Gasteiger partial charge on any atom is -0.366 e. The van der Waals surface area contributed by atoms with E-state index in [0.29, 0.717) is 6.42 Å². The predicted octanol–water partition coefficient (Wildman–Crippen LogP) is 1.83. The fraction of sp³-hybridized carbons (Fsp3) is 0.846. The maximum absolute atomic E-state index is 10.0. The summed E-state index contributed by atoms with van der Waals surface area (Å²) in [6, 6.07) is 0. The molecule has 2 heterocycles. The molecule has 0 radical (unpaired) electrons. The van der Waals surface area contributed by atoms with E-state index in [1.165, 1.54) is 0 Å². The van der Waals surface area contributed by atoms with Crippen LogP contribution in [0.5, 0.6) is 0 Å². The second-order valence-corrected chi connectivity index (χ2v) is 5.67. The van der Waals surface area contributed by atoms with E-state index in [1.807, 2.05) is 26.8 Å². The van der Waals surface area contributed by atoms with Gasteiger partial charge in [-0.05, 0) is 27.2 Å². The van der Waals surface area contributed by atoms with Gasteiger partial charge < -0.3 is 19.3 Å². The molecule has 0 saturated carbocycles. The summed E-state index contributed by atoms with van der Waals surface area (Å²) >= 11 is 0. The van der Waals surface area contributed by atoms with E-state index in [9.17, 15) is 5.11 Å². The Morgan fingerprint density at radius 2 is 1.76 bits per heavy atom. The van der Waals surface area contributed by atoms with Gasteiger partial charge in [0, 0.05) is 5.92 Å². The summed E-state index contributed by atoms with van der Waals surface area (Å²) < 4.78 is 17.3. The highest BCUT2D eigenvalue weighted by atomic mass is 16.8. The third-order valence-corrected chi connectivity index (χ3v) is 3.84. The first kappa shape index (κ1) is 13.0. The Hall–Kier alpha value is -0.420. The molecule has 17 heavy (non-hydrogen) atoms. The van der Waals surface area contributed by atoms with Gasteiger partial charge in [-0.25, -0.2) is 0 Å². The molecule has 0 aliphatic carbocycles. The molecule has 5 atom stereocenters. The van der Waals surface area contributed by atoms with Crippen molar-refractivity contribution in [2.45, 2.75) is 64.0 Å². The van der Waals surface area contributed by atoms with Crippen LogP contribution < -0.4 is 0 Å². The van der Waals surface area contributed by atoms with Crippen molar-refractivity contribution < 1.29 is 19.3 Å². The molecule has 2 saturated heterocycles. The monoisotopic (exact) mass is 242 g/mol. The Morgan fingerprint density at radius 1 is 1.18 bits per heavy atom. The van der Waals surface area contributed by atoms with Gasteiger partial charge in [-0.1, -0.05) is 13.0 Å². The van der Waals surface area contributed by atoms with Crippen LogP contribution in [-0.4, -0.2) is 35.0 Å². The van der Waals surface area contributed by atoms with Gasteiger partial charge in [-0.2, -0.15) is 0 Å². The third kappa shape index (κ3) is 2.15. The molecule has 0 amide bonds. The average molecular weight is 242 g/mol. The van der Waals surface area contributed by atoms with Gasteiger partial charge in [0.25, 0.3) is 0 Å². The molecule has 2 fully saturated rings. The smallest absolute Gasteiger partial charge is 0.184 e. The number of aliphatic hydroxyl groups excluding tert-OH is 1. The Bertz CT molecular complexity index is 315. The lowest BCUT2D eigenvalue weighted by Gasteiger charge is -2.46. The number of hydrogen-bond acceptors (Lipinski definition) is 4. The van der Waals surface area contributed by atoms with Crippen LogP contribution in [0.1, 0.15) is 34.1 Å². The molecule has 0 spiro atoms. The molecular weight excluding hydrogens is 220 g/mol. The van der Waals surface area contributed by atoms with Crippen LogP contribution in [0.15, 0.2) is 12.7 Å². The molecule has 0 bridgehead atoms. The van der Waals surface area contributed by atoms with Crippen molar-refractivity contribution in [2.24, 2.45) is 5.92 Å². The molecule has 0 aromatic heterocycles. The lowest BCUT2D eigenvalue weighted by Crippen LogP contribution is -2.57. The zero-order valence-electron chi connectivity index (χ0n) is 11.0. The van der Waals surface area contributed by atoms with Crippen LogP contribution >= 0.6 is 0 Å². The number of rotatable bonds is 2. The van der Waals surface area contributed by atoms with Crippen molar-refractivity contribution in [3.05, 3.63) is 12.7 Å². The second-order valence-electron chi connectivity index (χ2n) is 5.67. The molecule has 4 nitrogen and oxygen atoms in total. The molecule has 1 N–H and O–H groups in total. The maximum atomic E-state index is 10.0. The Balaban J connectivity index is 2.24. The number of aliphatic hydroxyl groups is 1. The van der Waals surface area contributed by atoms with Crippen LogP contribution in [0.25, 0.3) is 0 Å². The molecule has 4 heteroatoms. The summed E-state index contributed by atoms with van der Waals surface area (Å²) in [7, 11) is 0. The standard InChI is InChI=1S/C13H22O4/c1-6-7-13(5)8(2)9-10(11(14)17-13)16-12(3,4)15-9/h6,8-11,14H,1,7H2,2-5H3/t8-,9-,10-,11?,13+/m1/s1. The fourth-order valence-electron chi connectivity index (χ4n) is 2.74. The Morgan fingerprint density at radius 3 is 2.35 bits per heavy atom. The van der Waals surface area contributed by atoms with Crippen LogP contribution in [0.4, 0.5) is 0 Å². The van der Waals surface area contributed by atoms with Crippen LogP contribution in [-0.2, 0) is 14.2 Å². The van der Waals surface area contributed by atoms with Gasteiger partial charge in [-0.15, -0.1) is 6.58 Å². The van der Waals surface area contributed by atoms with Crippen LogP contribution in [0.3, 0.4) is 0 Å². The van der Waals surface area contributed by atoms with Crippen molar-refractivity contribution in [1.29, 1.82) is 0 Å². The number of fused-ring (bicyclic) bond motifs is 1. The molecule has 2 aliphatic rings. The van der Waals surface area contributed by atoms with Gasteiger partial charge >= 0.3 is 0 Å². The molecule has 2 aliphatic heterocycles. The van der Waals surface area contributed by atoms with E-state index in [-0.39, 0.29) is 12.0 Å². The lowest BCUT2D eigenvalue weighted by molar-refractivity contribution is -0.277. The first-order valence-corrected chi connectivity index (χ1v) is 6.11. The molecule has 0 aromatic rings. The first-order chi connectivity index (χ1) is 7.79. The summed E-state index contributed by atoms with van der Waals surface area (Å²) in [5.41, 5.74) is -0.452. The lowest BCUT2D eigenvalue weighted by atomic mass is 9.79. The predicted molar refractivity (Wildman–Crippen MR) is 63.3 cm³/mol. The summed E-state index contributed by atoms with van der Waals surface area (Å²) in [6.07, 6.45) is 1.00. The minimum absolute atomic E-state index is 0.135. The minimum atomic E-state index is -0.942. The van der Waals surface area contributed by atoms with Gasteiger partial charge in [0.15, 0.2) is 12.1 Å². The van der Waals surface area contributed by atoms with E-state index >= 15 is 0 Å². The van der Waals surface area contributed by atoms with Crippen molar-refractivity contribution in [1.82, 2.24) is 0 Å². The van der Waals surface area contributed by atoms with Gasteiger partial charge in [-0.3, -0.25) is 0 Å². The normalized spacial score (nSPS) is 48.8.